The van der Waals surface area contributed by atoms with Crippen molar-refractivity contribution in [2.45, 2.75) is 44.7 Å². The summed E-state index contributed by atoms with van der Waals surface area (Å²) in [7, 11) is 0. The number of carbonyl (C=O) groups is 4. The number of aliphatic imine (C=N–C) groups is 1. The van der Waals surface area contributed by atoms with Crippen molar-refractivity contribution >= 4 is 40.8 Å². The number of fused-ring (bicyclic) bond motifs is 1. The lowest BCUT2D eigenvalue weighted by Gasteiger charge is -2.34. The number of amides is 2. The minimum Gasteiger partial charge on any atom is -0.478 e. The number of nitrogens with two attached hydrogens (primary N) is 1. The van der Waals surface area contributed by atoms with Crippen LogP contribution in [0.15, 0.2) is 58.7 Å². The second-order valence-electron chi connectivity index (χ2n) is 9.86. The van der Waals surface area contributed by atoms with Crippen molar-refractivity contribution in [2.24, 2.45) is 21.8 Å². The van der Waals surface area contributed by atoms with Crippen LogP contribution in [0.5, 0.6) is 0 Å². The number of oxime groups is 1. The summed E-state index contributed by atoms with van der Waals surface area (Å²) in [6.07, 6.45) is -3.49. The number of carboxylic acids is 1. The quantitative estimate of drug-likeness (QED) is 0.0842. The number of likely N-dealkylation sites (tertiary alicyclic amines) is 1. The van der Waals surface area contributed by atoms with Crippen LogP contribution < -0.4 is 11.1 Å². The lowest BCUT2D eigenvalue weighted by molar-refractivity contribution is -0.162. The maximum atomic E-state index is 14.7. The van der Waals surface area contributed by atoms with Gasteiger partial charge >= 0.3 is 5.97 Å². The minimum absolute atomic E-state index is 0.0192. The van der Waals surface area contributed by atoms with Gasteiger partial charge in [0.15, 0.2) is 17.8 Å². The van der Waals surface area contributed by atoms with Gasteiger partial charge < -0.3 is 31.0 Å². The molecule has 0 bridgehead atoms. The molecule has 0 saturated carbocycles. The number of halogens is 1. The van der Waals surface area contributed by atoms with Crippen LogP contribution in [0.3, 0.4) is 0 Å². The molecule has 0 aromatic heterocycles. The molecular weight excluding hydrogens is 537 g/mol. The predicted molar refractivity (Wildman–Crippen MR) is 145 cm³/mol. The van der Waals surface area contributed by atoms with E-state index in [1.807, 2.05) is 0 Å². The molecule has 4 rings (SSSR count). The summed E-state index contributed by atoms with van der Waals surface area (Å²) in [5, 5.41) is 23.4. The van der Waals surface area contributed by atoms with Gasteiger partial charge in [0.1, 0.15) is 5.71 Å². The monoisotopic (exact) mass is 567 g/mol. The average molecular weight is 568 g/mol. The normalized spacial score (nSPS) is 18.7. The number of piperidine rings is 1. The van der Waals surface area contributed by atoms with Crippen LogP contribution in [0.1, 0.15) is 53.8 Å². The highest BCUT2D eigenvalue weighted by molar-refractivity contribution is 6.42. The van der Waals surface area contributed by atoms with Gasteiger partial charge in [0.2, 0.25) is 12.1 Å². The molecule has 1 saturated heterocycles. The molecule has 2 aliphatic heterocycles. The number of Topliss-reactive ketones (excluding diaryl/α,β-unsaturated/α-hetero) is 1. The number of ether oxygens (including phenoxy) is 1. The third-order valence-electron chi connectivity index (χ3n) is 7.02. The van der Waals surface area contributed by atoms with Gasteiger partial charge in [-0.05, 0) is 18.9 Å². The summed E-state index contributed by atoms with van der Waals surface area (Å²) in [6, 6.07) is 12.5. The molecule has 3 atom stereocenters. The molecule has 5 N–H and O–H groups in total. The summed E-state index contributed by atoms with van der Waals surface area (Å²) >= 11 is 0. The Hall–Kier alpha value is -4.65. The van der Waals surface area contributed by atoms with Crippen molar-refractivity contribution < 1.29 is 38.6 Å². The van der Waals surface area contributed by atoms with Crippen LogP contribution >= 0.6 is 0 Å². The van der Waals surface area contributed by atoms with E-state index >= 15 is 0 Å². The number of carboxylic acid groups (broad SMARTS) is 1. The number of rotatable bonds is 10. The number of benzene rings is 2. The number of nitrogens with one attached hydrogen (secondary N) is 1. The summed E-state index contributed by atoms with van der Waals surface area (Å²) in [5.74, 6) is -3.57. The van der Waals surface area contributed by atoms with Crippen molar-refractivity contribution in [1.82, 2.24) is 10.2 Å². The molecule has 0 radical (unpaired) electrons. The average Bonchev–Trinajstić information content (AvgIpc) is 3.32. The zero-order valence-corrected chi connectivity index (χ0v) is 22.2. The van der Waals surface area contributed by atoms with Gasteiger partial charge in [-0.2, -0.15) is 0 Å². The van der Waals surface area contributed by atoms with Crippen molar-refractivity contribution in [3.8, 4) is 0 Å². The molecule has 2 amide bonds. The lowest BCUT2D eigenvalue weighted by Crippen LogP contribution is -2.50. The van der Waals surface area contributed by atoms with Crippen molar-refractivity contribution in [3.63, 3.8) is 0 Å². The molecule has 41 heavy (non-hydrogen) atoms. The number of para-hydroxylation sites is 1. The van der Waals surface area contributed by atoms with Crippen molar-refractivity contribution in [1.29, 1.82) is 0 Å². The molecule has 216 valence electrons. The highest BCUT2D eigenvalue weighted by Crippen LogP contribution is 2.36. The van der Waals surface area contributed by atoms with E-state index in [4.69, 9.17) is 15.7 Å². The Bertz CT molecular complexity index is 1390. The van der Waals surface area contributed by atoms with Gasteiger partial charge in [0.05, 0.1) is 11.8 Å². The summed E-state index contributed by atoms with van der Waals surface area (Å²) in [5.41, 5.74) is 6.47. The number of hydrogen-bond donors (Lipinski definition) is 4. The number of amidine groups is 1. The zero-order chi connectivity index (χ0) is 29.7. The van der Waals surface area contributed by atoms with Crippen molar-refractivity contribution in [2.75, 3.05) is 13.1 Å². The van der Waals surface area contributed by atoms with Gasteiger partial charge in [-0.3, -0.25) is 14.4 Å². The van der Waals surface area contributed by atoms with E-state index in [0.29, 0.717) is 29.7 Å². The number of carbonyl (C=O) groups excluding carboxylic acids is 3. The third-order valence-corrected chi connectivity index (χ3v) is 7.02. The molecular formula is C28H30FN5O7. The largest absolute Gasteiger partial charge is 0.478 e. The topological polar surface area (TPSA) is 184 Å². The van der Waals surface area contributed by atoms with Crippen LogP contribution in [0.2, 0.25) is 0 Å². The van der Waals surface area contributed by atoms with E-state index in [9.17, 15) is 28.7 Å². The maximum Gasteiger partial charge on any atom is 0.354 e. The molecule has 1 fully saturated rings. The molecule has 2 heterocycles. The first-order valence-electron chi connectivity index (χ1n) is 13.0. The number of aliphatic carboxylic acids is 1. The van der Waals surface area contributed by atoms with Crippen LogP contribution in [0, 0.1) is 5.92 Å². The van der Waals surface area contributed by atoms with E-state index < -0.39 is 42.0 Å². The van der Waals surface area contributed by atoms with Gasteiger partial charge in [-0.1, -0.05) is 54.5 Å². The molecule has 12 nitrogen and oxygen atoms in total. The third kappa shape index (κ3) is 6.74. The fourth-order valence-corrected chi connectivity index (χ4v) is 4.73. The summed E-state index contributed by atoms with van der Waals surface area (Å²) in [6.45, 7) is 2.20. The highest BCUT2D eigenvalue weighted by Gasteiger charge is 2.36. The SMILES string of the molecule is CC(CC(=O)c1ccc(/C(N)=N/O)cc1)C(=O)N1CCC(O[C@H](NC(=O)C2=Nc3ccccc3C2F)C(=O)O)CC1. The summed E-state index contributed by atoms with van der Waals surface area (Å²) in [4.78, 5) is 55.6. The van der Waals surface area contributed by atoms with Gasteiger partial charge in [0, 0.05) is 42.1 Å². The fraction of sp³-hybridized carbons (Fsp3) is 0.357. The standard InChI is InChI=1S/C28H30FN5O7/c1-15(14-21(35)16-6-8-17(9-7-16)24(30)33-40)27(37)34-12-10-18(11-13-34)41-26(28(38)39)32-25(36)23-22(29)19-4-2-3-5-20(19)31-23/h2-9,15,18,22,26,40H,10-14H2,1H3,(H2,30,33)(H,32,36)(H,38,39)/t15?,22?,26-/m0/s1. The fourth-order valence-electron chi connectivity index (χ4n) is 4.73. The molecule has 2 aromatic carbocycles. The lowest BCUT2D eigenvalue weighted by atomic mass is 9.96. The van der Waals surface area contributed by atoms with Crippen LogP contribution in [-0.2, 0) is 19.1 Å². The Morgan fingerprint density at radius 1 is 1.12 bits per heavy atom. The zero-order valence-electron chi connectivity index (χ0n) is 22.2. The van der Waals surface area contributed by atoms with Crippen LogP contribution in [0.4, 0.5) is 10.1 Å². The van der Waals surface area contributed by atoms with Crippen molar-refractivity contribution in [3.05, 3.63) is 65.2 Å². The number of hydrogen-bond acceptors (Lipinski definition) is 8. The number of nitrogens with zero attached hydrogens (tertiary/aromatic N) is 3. The van der Waals surface area contributed by atoms with E-state index in [1.54, 1.807) is 54.3 Å². The van der Waals surface area contributed by atoms with E-state index in [-0.39, 0.29) is 42.6 Å². The highest BCUT2D eigenvalue weighted by atomic mass is 19.1. The number of ketones is 1. The Morgan fingerprint density at radius 3 is 2.37 bits per heavy atom. The Morgan fingerprint density at radius 2 is 1.76 bits per heavy atom. The van der Waals surface area contributed by atoms with Crippen LogP contribution in [0.25, 0.3) is 0 Å². The van der Waals surface area contributed by atoms with E-state index in [2.05, 4.69) is 15.5 Å². The summed E-state index contributed by atoms with van der Waals surface area (Å²) < 4.78 is 20.3. The molecule has 0 aliphatic carbocycles. The van der Waals surface area contributed by atoms with Gasteiger partial charge in [-0.15, -0.1) is 0 Å². The first-order valence-corrected chi connectivity index (χ1v) is 13.0. The predicted octanol–water partition coefficient (Wildman–Crippen LogP) is 2.32. The smallest absolute Gasteiger partial charge is 0.354 e. The Labute approximate surface area is 234 Å². The Balaban J connectivity index is 1.27. The second kappa shape index (κ2) is 12.7. The maximum absolute atomic E-state index is 14.7. The first-order chi connectivity index (χ1) is 19.6. The number of alkyl halides is 1. The molecule has 0 spiro atoms. The molecule has 2 unspecified atom stereocenters. The molecule has 2 aliphatic rings. The van der Waals surface area contributed by atoms with Crippen LogP contribution in [-0.4, -0.2) is 75.7 Å². The second-order valence-corrected chi connectivity index (χ2v) is 9.86. The van der Waals surface area contributed by atoms with Gasteiger partial charge in [0.25, 0.3) is 5.91 Å². The van der Waals surface area contributed by atoms with E-state index in [0.717, 1.165) is 0 Å². The first kappa shape index (κ1) is 29.3. The minimum atomic E-state index is -1.78. The van der Waals surface area contributed by atoms with Gasteiger partial charge in [-0.25, -0.2) is 14.2 Å². The molecule has 2 aromatic rings. The Kier molecular flexibility index (Phi) is 9.07. The molecule has 13 heteroatoms. The van der Waals surface area contributed by atoms with E-state index in [1.165, 1.54) is 6.07 Å².